The van der Waals surface area contributed by atoms with Crippen LogP contribution in [0.5, 0.6) is 0 Å². The third kappa shape index (κ3) is 5.64. The minimum atomic E-state index is -4.57. The number of hydrogen-bond acceptors (Lipinski definition) is 4. The molecule has 2 heterocycles. The van der Waals surface area contributed by atoms with E-state index in [9.17, 15) is 18.3 Å². The van der Waals surface area contributed by atoms with Crippen LogP contribution in [0.1, 0.15) is 50.7 Å². The number of aromatic nitrogens is 3. The van der Waals surface area contributed by atoms with Gasteiger partial charge in [0, 0.05) is 18.4 Å². The first-order valence-corrected chi connectivity index (χ1v) is 9.68. The first kappa shape index (κ1) is 21.5. The Morgan fingerprint density at radius 1 is 1.17 bits per heavy atom. The Labute approximate surface area is 172 Å². The number of nitrogens with zero attached hydrogens (tertiary/aromatic N) is 3. The Hall–Kier alpha value is -2.24. The molecule has 0 aromatic carbocycles. The van der Waals surface area contributed by atoms with Gasteiger partial charge in [0.25, 0.3) is 0 Å². The topological polar surface area (TPSA) is 63.0 Å². The van der Waals surface area contributed by atoms with Crippen molar-refractivity contribution in [2.24, 2.45) is 5.92 Å². The Morgan fingerprint density at radius 2 is 1.86 bits per heavy atom. The molecule has 0 bridgehead atoms. The van der Waals surface area contributed by atoms with Crippen molar-refractivity contribution in [2.75, 3.05) is 5.32 Å². The quantitative estimate of drug-likeness (QED) is 0.558. The summed E-state index contributed by atoms with van der Waals surface area (Å²) in [4.78, 5) is 4.02. The van der Waals surface area contributed by atoms with Gasteiger partial charge in [-0.25, -0.2) is 4.98 Å². The van der Waals surface area contributed by atoms with E-state index in [1.807, 2.05) is 13.8 Å². The Kier molecular flexibility index (Phi) is 6.11. The Balaban J connectivity index is 1.74. The summed E-state index contributed by atoms with van der Waals surface area (Å²) in [5.41, 5.74) is 0.683. The van der Waals surface area contributed by atoms with Gasteiger partial charge in [-0.1, -0.05) is 23.4 Å². The van der Waals surface area contributed by atoms with E-state index >= 15 is 0 Å². The number of anilines is 1. The van der Waals surface area contributed by atoms with Gasteiger partial charge in [0.15, 0.2) is 0 Å². The fourth-order valence-electron chi connectivity index (χ4n) is 3.48. The van der Waals surface area contributed by atoms with E-state index in [-0.39, 0.29) is 22.2 Å². The second kappa shape index (κ2) is 8.25. The van der Waals surface area contributed by atoms with Gasteiger partial charge in [-0.3, -0.25) is 0 Å². The SMILES string of the molecule is CC(C)(O)C1CCC(Nc2cc(Cl)ncc2C#Cc2cnn(C(F)(F)F)c2)CC1. The van der Waals surface area contributed by atoms with E-state index in [1.54, 1.807) is 6.07 Å². The van der Waals surface area contributed by atoms with E-state index in [2.05, 4.69) is 27.2 Å². The van der Waals surface area contributed by atoms with Crippen LogP contribution in [0.2, 0.25) is 5.15 Å². The minimum Gasteiger partial charge on any atom is -0.390 e. The van der Waals surface area contributed by atoms with Crippen LogP contribution in [0.3, 0.4) is 0 Å². The highest BCUT2D eigenvalue weighted by Crippen LogP contribution is 2.34. The summed E-state index contributed by atoms with van der Waals surface area (Å²) in [5.74, 6) is 5.79. The summed E-state index contributed by atoms with van der Waals surface area (Å²) in [6.07, 6.45) is 2.40. The van der Waals surface area contributed by atoms with Gasteiger partial charge < -0.3 is 10.4 Å². The molecule has 1 aliphatic carbocycles. The van der Waals surface area contributed by atoms with Crippen molar-refractivity contribution < 1.29 is 18.3 Å². The third-order valence-corrected chi connectivity index (χ3v) is 5.35. The van der Waals surface area contributed by atoms with Crippen molar-refractivity contribution in [2.45, 2.75) is 57.5 Å². The standard InChI is InChI=1S/C20H22ClF3N4O/c1-19(2,29)15-5-7-16(8-6-15)27-17-9-18(21)25-11-14(17)4-3-13-10-26-28(12-13)20(22,23)24/h9-12,15-16,29H,5-8H2,1-2H3,(H,25,27). The molecule has 0 atom stereocenters. The second-order valence-electron chi connectivity index (χ2n) is 7.79. The largest absolute Gasteiger partial charge is 0.504 e. The molecule has 2 N–H and O–H groups in total. The summed E-state index contributed by atoms with van der Waals surface area (Å²) in [6.45, 7) is 3.67. The second-order valence-corrected chi connectivity index (χ2v) is 8.18. The summed E-state index contributed by atoms with van der Waals surface area (Å²) in [7, 11) is 0. The van der Waals surface area contributed by atoms with Gasteiger partial charge in [-0.2, -0.15) is 9.78 Å². The van der Waals surface area contributed by atoms with Gasteiger partial charge in [-0.05, 0) is 51.5 Å². The van der Waals surface area contributed by atoms with E-state index in [0.29, 0.717) is 16.4 Å². The molecule has 2 aromatic heterocycles. The highest BCUT2D eigenvalue weighted by Gasteiger charge is 2.32. The molecule has 5 nitrogen and oxygen atoms in total. The van der Waals surface area contributed by atoms with Crippen LogP contribution in [0, 0.1) is 17.8 Å². The van der Waals surface area contributed by atoms with E-state index in [0.717, 1.165) is 38.1 Å². The van der Waals surface area contributed by atoms with Crippen molar-refractivity contribution in [1.82, 2.24) is 14.8 Å². The van der Waals surface area contributed by atoms with Gasteiger partial charge in [0.1, 0.15) is 5.15 Å². The van der Waals surface area contributed by atoms with Crippen LogP contribution in [-0.4, -0.2) is 31.5 Å². The maximum Gasteiger partial charge on any atom is 0.504 e. The van der Waals surface area contributed by atoms with Crippen molar-refractivity contribution in [1.29, 1.82) is 0 Å². The molecular formula is C20H22ClF3N4O. The molecule has 1 saturated carbocycles. The average Bonchev–Trinajstić information content (AvgIpc) is 3.10. The Morgan fingerprint density at radius 3 is 2.45 bits per heavy atom. The van der Waals surface area contributed by atoms with Crippen molar-refractivity contribution >= 4 is 17.3 Å². The Bertz CT molecular complexity index is 916. The minimum absolute atomic E-state index is 0.0859. The highest BCUT2D eigenvalue weighted by molar-refractivity contribution is 6.29. The number of halogens is 4. The lowest BCUT2D eigenvalue weighted by molar-refractivity contribution is -0.212. The zero-order chi connectivity index (χ0) is 21.2. The molecule has 0 saturated heterocycles. The highest BCUT2D eigenvalue weighted by atomic mass is 35.5. The molecule has 0 aliphatic heterocycles. The van der Waals surface area contributed by atoms with Crippen molar-refractivity contribution in [3.8, 4) is 11.8 Å². The zero-order valence-corrected chi connectivity index (χ0v) is 16.8. The summed E-state index contributed by atoms with van der Waals surface area (Å²) >= 11 is 6.02. The normalized spacial score (nSPS) is 20.1. The molecule has 0 amide bonds. The average molecular weight is 427 g/mol. The van der Waals surface area contributed by atoms with Crippen LogP contribution >= 0.6 is 11.6 Å². The van der Waals surface area contributed by atoms with E-state index < -0.39 is 11.9 Å². The molecule has 29 heavy (non-hydrogen) atoms. The van der Waals surface area contributed by atoms with Gasteiger partial charge in [-0.15, -0.1) is 13.2 Å². The zero-order valence-electron chi connectivity index (χ0n) is 16.1. The lowest BCUT2D eigenvalue weighted by atomic mass is 9.77. The monoisotopic (exact) mass is 426 g/mol. The number of rotatable bonds is 3. The molecule has 0 unspecified atom stereocenters. The predicted octanol–water partition coefficient (Wildman–Crippen LogP) is 4.55. The number of hydrogen-bond donors (Lipinski definition) is 2. The summed E-state index contributed by atoms with van der Waals surface area (Å²) in [6, 6.07) is 1.85. The van der Waals surface area contributed by atoms with E-state index in [4.69, 9.17) is 11.6 Å². The van der Waals surface area contributed by atoms with Crippen LogP contribution in [0.15, 0.2) is 24.7 Å². The fraction of sp³-hybridized carbons (Fsp3) is 0.500. The van der Waals surface area contributed by atoms with E-state index in [1.165, 1.54) is 6.20 Å². The molecule has 3 rings (SSSR count). The van der Waals surface area contributed by atoms with Crippen molar-refractivity contribution in [3.05, 3.63) is 40.9 Å². The van der Waals surface area contributed by atoms with Crippen LogP contribution < -0.4 is 5.32 Å². The van der Waals surface area contributed by atoms with Crippen LogP contribution in [0.4, 0.5) is 18.9 Å². The molecular weight excluding hydrogens is 405 g/mol. The molecule has 156 valence electrons. The van der Waals surface area contributed by atoms with Gasteiger partial charge >= 0.3 is 6.30 Å². The van der Waals surface area contributed by atoms with Crippen molar-refractivity contribution in [3.63, 3.8) is 0 Å². The fourth-order valence-corrected chi connectivity index (χ4v) is 3.64. The van der Waals surface area contributed by atoms with Crippen LogP contribution in [-0.2, 0) is 6.30 Å². The first-order chi connectivity index (χ1) is 13.5. The lowest BCUT2D eigenvalue weighted by Crippen LogP contribution is -2.37. The van der Waals surface area contributed by atoms with Gasteiger partial charge in [0.2, 0.25) is 0 Å². The molecule has 2 aromatic rings. The summed E-state index contributed by atoms with van der Waals surface area (Å²) < 4.78 is 37.8. The number of nitrogens with one attached hydrogen (secondary N) is 1. The maximum atomic E-state index is 12.6. The number of alkyl halides is 3. The molecule has 0 spiro atoms. The van der Waals surface area contributed by atoms with Gasteiger partial charge in [0.05, 0.1) is 28.6 Å². The molecule has 9 heteroatoms. The maximum absolute atomic E-state index is 12.6. The summed E-state index contributed by atoms with van der Waals surface area (Å²) in [5, 5.41) is 17.2. The molecule has 1 aliphatic rings. The number of aliphatic hydroxyl groups is 1. The smallest absolute Gasteiger partial charge is 0.390 e. The first-order valence-electron chi connectivity index (χ1n) is 9.31. The third-order valence-electron chi connectivity index (χ3n) is 5.14. The molecule has 0 radical (unpaired) electrons. The van der Waals surface area contributed by atoms with Crippen LogP contribution in [0.25, 0.3) is 0 Å². The molecule has 1 fully saturated rings. The number of pyridine rings is 1. The lowest BCUT2D eigenvalue weighted by Gasteiger charge is -2.36. The predicted molar refractivity (Wildman–Crippen MR) is 104 cm³/mol.